The van der Waals surface area contributed by atoms with Crippen LogP contribution in [-0.2, 0) is 6.42 Å². The van der Waals surface area contributed by atoms with E-state index in [-0.39, 0.29) is 5.02 Å². The van der Waals surface area contributed by atoms with E-state index in [1.165, 1.54) is 6.07 Å². The second-order valence-electron chi connectivity index (χ2n) is 3.23. The third kappa shape index (κ3) is 4.01. The Kier molecular flexibility index (Phi) is 5.43. The van der Waals surface area contributed by atoms with Crippen molar-refractivity contribution in [1.29, 1.82) is 0 Å². The molecule has 0 amide bonds. The Balaban J connectivity index is 2.60. The van der Waals surface area contributed by atoms with Crippen LogP contribution >= 0.6 is 23.4 Å². The molecule has 1 N–H and O–H groups in total. The maximum atomic E-state index is 13.4. The minimum atomic E-state index is -0.511. The van der Waals surface area contributed by atoms with Crippen molar-refractivity contribution in [1.82, 2.24) is 0 Å². The number of rotatable bonds is 5. The van der Waals surface area contributed by atoms with Gasteiger partial charge in [0.05, 0.1) is 11.1 Å². The fraction of sp³-hybridized carbons (Fsp3) is 0.455. The van der Waals surface area contributed by atoms with Crippen molar-refractivity contribution in [2.45, 2.75) is 19.4 Å². The molecule has 1 unspecified atom stereocenters. The number of aliphatic hydroxyl groups excluding tert-OH is 1. The van der Waals surface area contributed by atoms with Gasteiger partial charge in [-0.3, -0.25) is 0 Å². The summed E-state index contributed by atoms with van der Waals surface area (Å²) in [5, 5.41) is 9.73. The minimum absolute atomic E-state index is 0.114. The van der Waals surface area contributed by atoms with Gasteiger partial charge in [0.2, 0.25) is 0 Å². The van der Waals surface area contributed by atoms with Gasteiger partial charge in [-0.25, -0.2) is 4.39 Å². The summed E-state index contributed by atoms with van der Waals surface area (Å²) in [5.41, 5.74) is 0.478. The monoisotopic (exact) mass is 248 g/mol. The summed E-state index contributed by atoms with van der Waals surface area (Å²) in [6, 6.07) is 4.86. The third-order valence-corrected chi connectivity index (χ3v) is 3.32. The zero-order valence-electron chi connectivity index (χ0n) is 8.54. The summed E-state index contributed by atoms with van der Waals surface area (Å²) in [6.07, 6.45) is -0.192. The Morgan fingerprint density at radius 2 is 2.27 bits per heavy atom. The van der Waals surface area contributed by atoms with E-state index in [4.69, 9.17) is 11.6 Å². The van der Waals surface area contributed by atoms with Crippen molar-refractivity contribution in [3.05, 3.63) is 34.6 Å². The van der Waals surface area contributed by atoms with E-state index in [0.29, 0.717) is 17.7 Å². The number of thioether (sulfide) groups is 1. The molecule has 1 aromatic rings. The van der Waals surface area contributed by atoms with Gasteiger partial charge in [0.25, 0.3) is 0 Å². The molecule has 0 aliphatic carbocycles. The normalized spacial score (nSPS) is 12.8. The number of hydrogen-bond donors (Lipinski definition) is 1. The molecule has 0 saturated heterocycles. The van der Waals surface area contributed by atoms with Crippen LogP contribution in [0.25, 0.3) is 0 Å². The first-order valence-electron chi connectivity index (χ1n) is 4.83. The predicted octanol–water partition coefficient (Wildman–Crippen LogP) is 3.14. The summed E-state index contributed by atoms with van der Waals surface area (Å²) in [6.45, 7) is 2.03. The van der Waals surface area contributed by atoms with Crippen molar-refractivity contribution in [2.75, 3.05) is 11.5 Å². The van der Waals surface area contributed by atoms with Gasteiger partial charge in [-0.05, 0) is 17.4 Å². The highest BCUT2D eigenvalue weighted by molar-refractivity contribution is 7.99. The molecule has 84 valence electrons. The van der Waals surface area contributed by atoms with Crippen molar-refractivity contribution < 1.29 is 9.50 Å². The summed E-state index contributed by atoms with van der Waals surface area (Å²) in [4.78, 5) is 0. The largest absolute Gasteiger partial charge is 0.392 e. The van der Waals surface area contributed by atoms with Crippen molar-refractivity contribution in [2.24, 2.45) is 0 Å². The SMILES string of the molecule is CCSCC(O)Cc1cccc(Cl)c1F. The first kappa shape index (κ1) is 12.8. The summed E-state index contributed by atoms with van der Waals surface area (Å²) in [7, 11) is 0. The Bertz CT molecular complexity index is 319. The molecule has 0 fully saturated rings. The lowest BCUT2D eigenvalue weighted by atomic mass is 10.1. The van der Waals surface area contributed by atoms with Crippen LogP contribution in [-0.4, -0.2) is 22.7 Å². The van der Waals surface area contributed by atoms with Crippen molar-refractivity contribution >= 4 is 23.4 Å². The number of hydrogen-bond acceptors (Lipinski definition) is 2. The van der Waals surface area contributed by atoms with E-state index in [2.05, 4.69) is 0 Å². The standard InChI is InChI=1S/C11H14ClFOS/c1-2-15-7-9(14)6-8-4-3-5-10(12)11(8)13/h3-5,9,14H,2,6-7H2,1H3. The average Bonchev–Trinajstić information content (AvgIpc) is 2.22. The molecule has 1 nitrogen and oxygen atoms in total. The smallest absolute Gasteiger partial charge is 0.145 e. The van der Waals surface area contributed by atoms with Crippen LogP contribution in [0, 0.1) is 5.82 Å². The molecule has 0 radical (unpaired) electrons. The van der Waals surface area contributed by atoms with Crippen LogP contribution in [0.1, 0.15) is 12.5 Å². The van der Waals surface area contributed by atoms with E-state index in [1.807, 2.05) is 6.92 Å². The Morgan fingerprint density at radius 3 is 2.93 bits per heavy atom. The zero-order chi connectivity index (χ0) is 11.3. The average molecular weight is 249 g/mol. The third-order valence-electron chi connectivity index (χ3n) is 2.00. The van der Waals surface area contributed by atoms with Crippen LogP contribution in [0.15, 0.2) is 18.2 Å². The lowest BCUT2D eigenvalue weighted by molar-refractivity contribution is 0.199. The maximum Gasteiger partial charge on any atom is 0.145 e. The molecule has 1 aromatic carbocycles. The van der Waals surface area contributed by atoms with Gasteiger partial charge < -0.3 is 5.11 Å². The zero-order valence-corrected chi connectivity index (χ0v) is 10.1. The molecular formula is C11H14ClFOS. The van der Waals surface area contributed by atoms with Gasteiger partial charge in [-0.15, -0.1) is 0 Å². The molecule has 0 aromatic heterocycles. The van der Waals surface area contributed by atoms with Gasteiger partial charge in [0, 0.05) is 12.2 Å². The first-order valence-corrected chi connectivity index (χ1v) is 6.37. The minimum Gasteiger partial charge on any atom is -0.392 e. The van der Waals surface area contributed by atoms with Crippen molar-refractivity contribution in [3.63, 3.8) is 0 Å². The lowest BCUT2D eigenvalue weighted by Gasteiger charge is -2.10. The molecule has 15 heavy (non-hydrogen) atoms. The summed E-state index contributed by atoms with van der Waals surface area (Å²) in [5.74, 6) is 1.16. The van der Waals surface area contributed by atoms with Gasteiger partial charge >= 0.3 is 0 Å². The molecule has 0 aliphatic heterocycles. The van der Waals surface area contributed by atoms with Crippen LogP contribution in [0.2, 0.25) is 5.02 Å². The van der Waals surface area contributed by atoms with E-state index in [9.17, 15) is 9.50 Å². The van der Waals surface area contributed by atoms with E-state index in [1.54, 1.807) is 23.9 Å². The molecule has 4 heteroatoms. The molecule has 0 spiro atoms. The molecule has 0 bridgehead atoms. The highest BCUT2D eigenvalue weighted by Gasteiger charge is 2.11. The highest BCUT2D eigenvalue weighted by Crippen LogP contribution is 2.19. The van der Waals surface area contributed by atoms with Crippen LogP contribution in [0.4, 0.5) is 4.39 Å². The van der Waals surface area contributed by atoms with Crippen LogP contribution < -0.4 is 0 Å². The number of halogens is 2. The quantitative estimate of drug-likeness (QED) is 0.864. The molecule has 0 heterocycles. The Labute approximate surface area is 98.6 Å². The Hall–Kier alpha value is -0.250. The fourth-order valence-electron chi connectivity index (χ4n) is 1.27. The molecule has 1 rings (SSSR count). The second-order valence-corrected chi connectivity index (χ2v) is 4.96. The summed E-state index contributed by atoms with van der Waals surface area (Å²) >= 11 is 7.28. The van der Waals surface area contributed by atoms with E-state index in [0.717, 1.165) is 5.75 Å². The predicted molar refractivity (Wildman–Crippen MR) is 64.1 cm³/mol. The van der Waals surface area contributed by atoms with E-state index < -0.39 is 11.9 Å². The first-order chi connectivity index (χ1) is 7.15. The van der Waals surface area contributed by atoms with Crippen LogP contribution in [0.5, 0.6) is 0 Å². The van der Waals surface area contributed by atoms with E-state index >= 15 is 0 Å². The van der Waals surface area contributed by atoms with Crippen LogP contribution in [0.3, 0.4) is 0 Å². The Morgan fingerprint density at radius 1 is 1.53 bits per heavy atom. The van der Waals surface area contributed by atoms with Gasteiger partial charge in [0.15, 0.2) is 0 Å². The molecular weight excluding hydrogens is 235 g/mol. The molecule has 0 aliphatic rings. The second kappa shape index (κ2) is 6.36. The van der Waals surface area contributed by atoms with Crippen molar-refractivity contribution in [3.8, 4) is 0 Å². The molecule has 0 saturated carbocycles. The maximum absolute atomic E-state index is 13.4. The van der Waals surface area contributed by atoms with Gasteiger partial charge in [-0.1, -0.05) is 30.7 Å². The highest BCUT2D eigenvalue weighted by atomic mass is 35.5. The fourth-order valence-corrected chi connectivity index (χ4v) is 2.09. The molecule has 1 atom stereocenters. The topological polar surface area (TPSA) is 20.2 Å². The van der Waals surface area contributed by atoms with Gasteiger partial charge in [0.1, 0.15) is 5.82 Å². The van der Waals surface area contributed by atoms with Gasteiger partial charge in [-0.2, -0.15) is 11.8 Å². The number of aliphatic hydroxyl groups is 1. The number of benzene rings is 1. The summed E-state index contributed by atoms with van der Waals surface area (Å²) < 4.78 is 13.4. The lowest BCUT2D eigenvalue weighted by Crippen LogP contribution is -2.14.